The molecular weight excluding hydrogens is 278 g/mol. The Hall–Kier alpha value is -2.17. The van der Waals surface area contributed by atoms with Gasteiger partial charge in [-0.15, -0.1) is 0 Å². The predicted molar refractivity (Wildman–Crippen MR) is 82.8 cm³/mol. The number of benzene rings is 1. The van der Waals surface area contributed by atoms with Crippen LogP contribution in [0.1, 0.15) is 52.0 Å². The smallest absolute Gasteiger partial charge is 0.253 e. The third kappa shape index (κ3) is 3.03. The number of piperidine rings is 1. The van der Waals surface area contributed by atoms with Crippen molar-refractivity contribution in [1.82, 2.24) is 15.0 Å². The third-order valence-electron chi connectivity index (χ3n) is 4.07. The van der Waals surface area contributed by atoms with E-state index >= 15 is 0 Å². The van der Waals surface area contributed by atoms with Crippen LogP contribution < -0.4 is 0 Å². The number of aryl methyl sites for hydroxylation is 3. The zero-order valence-electron chi connectivity index (χ0n) is 13.3. The highest BCUT2D eigenvalue weighted by Gasteiger charge is 2.28. The first-order valence-corrected chi connectivity index (χ1v) is 7.70. The summed E-state index contributed by atoms with van der Waals surface area (Å²) in [5, 5.41) is 3.85. The molecule has 2 heterocycles. The van der Waals surface area contributed by atoms with Gasteiger partial charge in [-0.25, -0.2) is 0 Å². The van der Waals surface area contributed by atoms with Crippen molar-refractivity contribution in [3.8, 4) is 0 Å². The van der Waals surface area contributed by atoms with Crippen molar-refractivity contribution >= 4 is 5.91 Å². The minimum absolute atomic E-state index is 0.0905. The van der Waals surface area contributed by atoms with Crippen molar-refractivity contribution in [3.05, 3.63) is 46.6 Å². The third-order valence-corrected chi connectivity index (χ3v) is 4.07. The Morgan fingerprint density at radius 3 is 2.59 bits per heavy atom. The zero-order valence-corrected chi connectivity index (χ0v) is 13.3. The molecule has 0 aliphatic carbocycles. The first-order valence-electron chi connectivity index (χ1n) is 7.70. The van der Waals surface area contributed by atoms with E-state index in [1.165, 1.54) is 0 Å². The van der Waals surface area contributed by atoms with Crippen LogP contribution in [0.2, 0.25) is 0 Å². The summed E-state index contributed by atoms with van der Waals surface area (Å²) < 4.78 is 5.28. The first-order chi connectivity index (χ1) is 10.5. The van der Waals surface area contributed by atoms with E-state index in [2.05, 4.69) is 16.2 Å². The molecular formula is C17H21N3O2. The average molecular weight is 299 g/mol. The van der Waals surface area contributed by atoms with Crippen LogP contribution in [0.4, 0.5) is 0 Å². The number of carbonyl (C=O) groups excluding carboxylic acids is 1. The molecule has 1 fully saturated rings. The number of aromatic nitrogens is 2. The molecule has 0 bridgehead atoms. The molecule has 0 N–H and O–H groups in total. The molecule has 22 heavy (non-hydrogen) atoms. The molecule has 1 saturated heterocycles. The van der Waals surface area contributed by atoms with E-state index in [4.69, 9.17) is 4.52 Å². The number of likely N-dealkylation sites (tertiary alicyclic amines) is 1. The quantitative estimate of drug-likeness (QED) is 0.855. The van der Waals surface area contributed by atoms with E-state index in [0.29, 0.717) is 18.3 Å². The van der Waals surface area contributed by atoms with Crippen LogP contribution in [0.5, 0.6) is 0 Å². The normalized spacial score (nSPS) is 18.5. The van der Waals surface area contributed by atoms with Gasteiger partial charge in [0.1, 0.15) is 0 Å². The molecule has 1 aromatic heterocycles. The number of amides is 1. The van der Waals surface area contributed by atoms with Crippen LogP contribution in [0.3, 0.4) is 0 Å². The molecule has 0 unspecified atom stereocenters. The second-order valence-electron chi connectivity index (χ2n) is 6.15. The van der Waals surface area contributed by atoms with E-state index in [0.717, 1.165) is 36.1 Å². The standard InChI is InChI=1S/C17H21N3O2/c1-11-7-12(2)9-15(8-11)17(21)20-6-4-5-14(10-20)16-18-13(3)19-22-16/h7-9,14H,4-6,10H2,1-3H3/t14-/m0/s1. The molecule has 0 radical (unpaired) electrons. The lowest BCUT2D eigenvalue weighted by Crippen LogP contribution is -2.39. The summed E-state index contributed by atoms with van der Waals surface area (Å²) in [7, 11) is 0. The lowest BCUT2D eigenvalue weighted by atomic mass is 9.97. The van der Waals surface area contributed by atoms with Gasteiger partial charge in [0.25, 0.3) is 5.91 Å². The summed E-state index contributed by atoms with van der Waals surface area (Å²) in [6.45, 7) is 7.28. The molecule has 5 nitrogen and oxygen atoms in total. The van der Waals surface area contributed by atoms with Gasteiger partial charge in [0.2, 0.25) is 5.89 Å². The van der Waals surface area contributed by atoms with Gasteiger partial charge in [0, 0.05) is 18.7 Å². The van der Waals surface area contributed by atoms with Crippen molar-refractivity contribution in [2.45, 2.75) is 39.5 Å². The fourth-order valence-corrected chi connectivity index (χ4v) is 3.12. The SMILES string of the molecule is Cc1cc(C)cc(C(=O)N2CCC[C@H](c3nc(C)no3)C2)c1. The summed E-state index contributed by atoms with van der Waals surface area (Å²) >= 11 is 0. The second kappa shape index (κ2) is 5.91. The summed E-state index contributed by atoms with van der Waals surface area (Å²) in [5.74, 6) is 1.53. The first kappa shape index (κ1) is 14.8. The maximum Gasteiger partial charge on any atom is 0.253 e. The number of carbonyl (C=O) groups is 1. The molecule has 116 valence electrons. The van der Waals surface area contributed by atoms with E-state index in [9.17, 15) is 4.79 Å². The topological polar surface area (TPSA) is 59.2 Å². The van der Waals surface area contributed by atoms with Gasteiger partial charge in [0.05, 0.1) is 5.92 Å². The van der Waals surface area contributed by atoms with Crippen LogP contribution >= 0.6 is 0 Å². The summed E-state index contributed by atoms with van der Waals surface area (Å²) in [6.07, 6.45) is 1.95. The van der Waals surface area contributed by atoms with Gasteiger partial charge in [-0.05, 0) is 45.7 Å². The van der Waals surface area contributed by atoms with Gasteiger partial charge in [-0.2, -0.15) is 4.98 Å². The van der Waals surface area contributed by atoms with Crippen molar-refractivity contribution < 1.29 is 9.32 Å². The number of rotatable bonds is 2. The zero-order chi connectivity index (χ0) is 15.7. The van der Waals surface area contributed by atoms with Crippen LogP contribution in [0.25, 0.3) is 0 Å². The maximum absolute atomic E-state index is 12.7. The van der Waals surface area contributed by atoms with E-state index in [1.807, 2.05) is 37.8 Å². The average Bonchev–Trinajstić information content (AvgIpc) is 2.92. The van der Waals surface area contributed by atoms with Crippen LogP contribution in [0, 0.1) is 20.8 Å². The minimum atomic E-state index is 0.0905. The molecule has 1 atom stereocenters. The Morgan fingerprint density at radius 1 is 1.23 bits per heavy atom. The largest absolute Gasteiger partial charge is 0.339 e. The van der Waals surface area contributed by atoms with Gasteiger partial charge >= 0.3 is 0 Å². The maximum atomic E-state index is 12.7. The fourth-order valence-electron chi connectivity index (χ4n) is 3.12. The van der Waals surface area contributed by atoms with E-state index in [1.54, 1.807) is 0 Å². The molecule has 3 rings (SSSR count). The van der Waals surface area contributed by atoms with Gasteiger partial charge in [-0.1, -0.05) is 22.3 Å². The molecule has 5 heteroatoms. The molecule has 1 amide bonds. The van der Waals surface area contributed by atoms with Gasteiger partial charge in [0.15, 0.2) is 5.82 Å². The second-order valence-corrected chi connectivity index (χ2v) is 6.15. The molecule has 1 aliphatic rings. The van der Waals surface area contributed by atoms with Crippen molar-refractivity contribution in [3.63, 3.8) is 0 Å². The highest BCUT2D eigenvalue weighted by Crippen LogP contribution is 2.26. The number of nitrogens with zero attached hydrogens (tertiary/aromatic N) is 3. The van der Waals surface area contributed by atoms with Crippen LogP contribution in [-0.4, -0.2) is 34.0 Å². The lowest BCUT2D eigenvalue weighted by Gasteiger charge is -2.31. The molecule has 0 saturated carbocycles. The highest BCUT2D eigenvalue weighted by molar-refractivity contribution is 5.94. The van der Waals surface area contributed by atoms with Crippen molar-refractivity contribution in [2.75, 3.05) is 13.1 Å². The summed E-state index contributed by atoms with van der Waals surface area (Å²) in [5.41, 5.74) is 2.99. The number of hydrogen-bond donors (Lipinski definition) is 0. The summed E-state index contributed by atoms with van der Waals surface area (Å²) in [4.78, 5) is 19.0. The Labute approximate surface area is 130 Å². The fraction of sp³-hybridized carbons (Fsp3) is 0.471. The Bertz CT molecular complexity index is 673. The Morgan fingerprint density at radius 2 is 1.95 bits per heavy atom. The lowest BCUT2D eigenvalue weighted by molar-refractivity contribution is 0.0695. The van der Waals surface area contributed by atoms with Crippen LogP contribution in [-0.2, 0) is 0 Å². The molecule has 0 spiro atoms. The van der Waals surface area contributed by atoms with Crippen LogP contribution in [0.15, 0.2) is 22.7 Å². The monoisotopic (exact) mass is 299 g/mol. The van der Waals surface area contributed by atoms with Crippen molar-refractivity contribution in [2.24, 2.45) is 0 Å². The molecule has 2 aromatic rings. The Balaban J connectivity index is 1.77. The highest BCUT2D eigenvalue weighted by atomic mass is 16.5. The van der Waals surface area contributed by atoms with Gasteiger partial charge < -0.3 is 9.42 Å². The summed E-state index contributed by atoms with van der Waals surface area (Å²) in [6, 6.07) is 5.99. The molecule has 1 aliphatic heterocycles. The van der Waals surface area contributed by atoms with E-state index < -0.39 is 0 Å². The minimum Gasteiger partial charge on any atom is -0.339 e. The molecule has 1 aromatic carbocycles. The van der Waals surface area contributed by atoms with Crippen molar-refractivity contribution in [1.29, 1.82) is 0 Å². The van der Waals surface area contributed by atoms with E-state index in [-0.39, 0.29) is 11.8 Å². The Kier molecular flexibility index (Phi) is 3.96. The predicted octanol–water partition coefficient (Wildman–Crippen LogP) is 3.01. The van der Waals surface area contributed by atoms with Gasteiger partial charge in [-0.3, -0.25) is 4.79 Å². The number of hydrogen-bond acceptors (Lipinski definition) is 4.